The fourth-order valence-corrected chi connectivity index (χ4v) is 2.09. The first kappa shape index (κ1) is 16.5. The fraction of sp³-hybridized carbons (Fsp3) is 0.222. The van der Waals surface area contributed by atoms with Crippen LogP contribution < -0.4 is 10.1 Å². The van der Waals surface area contributed by atoms with E-state index in [0.29, 0.717) is 11.3 Å². The molecule has 0 aliphatic rings. The smallest absolute Gasteiger partial charge is 0.337 e. The molecule has 1 atom stereocenters. The first-order valence-corrected chi connectivity index (χ1v) is 7.25. The Morgan fingerprint density at radius 2 is 1.83 bits per heavy atom. The third-order valence-corrected chi connectivity index (χ3v) is 3.30. The molecule has 5 heteroatoms. The quantitative estimate of drug-likeness (QED) is 0.833. The molecule has 5 nitrogen and oxygen atoms in total. The van der Waals surface area contributed by atoms with Crippen molar-refractivity contribution in [1.29, 1.82) is 0 Å². The van der Waals surface area contributed by atoms with Crippen LogP contribution in [0.4, 0.5) is 0 Å². The molecule has 2 aromatic carbocycles. The number of carbonyl (C=O) groups excluding carboxylic acids is 2. The number of amides is 1. The van der Waals surface area contributed by atoms with Crippen molar-refractivity contribution in [2.45, 2.75) is 13.0 Å². The number of rotatable bonds is 6. The van der Waals surface area contributed by atoms with Gasteiger partial charge in [-0.25, -0.2) is 4.79 Å². The lowest BCUT2D eigenvalue weighted by molar-refractivity contribution is -0.123. The van der Waals surface area contributed by atoms with Crippen molar-refractivity contribution in [3.05, 3.63) is 65.7 Å². The van der Waals surface area contributed by atoms with E-state index in [0.717, 1.165) is 5.56 Å². The standard InChI is InChI=1S/C18H19NO4/c1-13(14-7-4-3-5-8-14)19-17(20)12-23-16-10-6-9-15(11-16)18(21)22-2/h3-11,13H,12H2,1-2H3,(H,19,20)/t13-/m0/s1. The summed E-state index contributed by atoms with van der Waals surface area (Å²) in [5, 5.41) is 2.86. The van der Waals surface area contributed by atoms with Gasteiger partial charge < -0.3 is 14.8 Å². The second-order valence-electron chi connectivity index (χ2n) is 5.01. The molecule has 1 amide bonds. The van der Waals surface area contributed by atoms with Gasteiger partial charge in [0.2, 0.25) is 0 Å². The number of hydrogen-bond donors (Lipinski definition) is 1. The van der Waals surface area contributed by atoms with E-state index in [1.54, 1.807) is 24.3 Å². The SMILES string of the molecule is COC(=O)c1cccc(OCC(=O)N[C@@H](C)c2ccccc2)c1. The molecular formula is C18H19NO4. The zero-order valence-corrected chi connectivity index (χ0v) is 13.1. The van der Waals surface area contributed by atoms with Crippen molar-refractivity contribution in [3.8, 4) is 5.75 Å². The molecule has 2 rings (SSSR count). The fourth-order valence-electron chi connectivity index (χ4n) is 2.09. The summed E-state index contributed by atoms with van der Waals surface area (Å²) in [5.41, 5.74) is 1.40. The van der Waals surface area contributed by atoms with Crippen LogP contribution in [0.1, 0.15) is 28.9 Å². The van der Waals surface area contributed by atoms with Crippen molar-refractivity contribution in [2.24, 2.45) is 0 Å². The minimum Gasteiger partial charge on any atom is -0.484 e. The topological polar surface area (TPSA) is 64.6 Å². The van der Waals surface area contributed by atoms with Crippen LogP contribution >= 0.6 is 0 Å². The van der Waals surface area contributed by atoms with Gasteiger partial charge in [0.1, 0.15) is 5.75 Å². The average Bonchev–Trinajstić information content (AvgIpc) is 2.60. The van der Waals surface area contributed by atoms with Crippen molar-refractivity contribution in [2.75, 3.05) is 13.7 Å². The van der Waals surface area contributed by atoms with Crippen LogP contribution in [0.15, 0.2) is 54.6 Å². The summed E-state index contributed by atoms with van der Waals surface area (Å²) in [6.45, 7) is 1.78. The summed E-state index contributed by atoms with van der Waals surface area (Å²) in [4.78, 5) is 23.4. The van der Waals surface area contributed by atoms with Gasteiger partial charge in [-0.2, -0.15) is 0 Å². The minimum absolute atomic E-state index is 0.103. The zero-order chi connectivity index (χ0) is 16.7. The molecule has 0 unspecified atom stereocenters. The molecule has 0 saturated heterocycles. The molecule has 0 aliphatic carbocycles. The van der Waals surface area contributed by atoms with Gasteiger partial charge in [0, 0.05) is 0 Å². The Bertz CT molecular complexity index is 670. The average molecular weight is 313 g/mol. The van der Waals surface area contributed by atoms with Gasteiger partial charge >= 0.3 is 5.97 Å². The largest absolute Gasteiger partial charge is 0.484 e. The Hall–Kier alpha value is -2.82. The highest BCUT2D eigenvalue weighted by Gasteiger charge is 2.11. The van der Waals surface area contributed by atoms with Crippen LogP contribution in [0.5, 0.6) is 5.75 Å². The van der Waals surface area contributed by atoms with Crippen LogP contribution in [0.2, 0.25) is 0 Å². The number of nitrogens with one attached hydrogen (secondary N) is 1. The van der Waals surface area contributed by atoms with Crippen LogP contribution in [-0.2, 0) is 9.53 Å². The molecule has 0 heterocycles. The van der Waals surface area contributed by atoms with E-state index >= 15 is 0 Å². The Balaban J connectivity index is 1.88. The van der Waals surface area contributed by atoms with E-state index in [1.165, 1.54) is 7.11 Å². The Labute approximate surface area is 135 Å². The van der Waals surface area contributed by atoms with Gasteiger partial charge in [-0.15, -0.1) is 0 Å². The van der Waals surface area contributed by atoms with E-state index in [4.69, 9.17) is 4.74 Å². The number of esters is 1. The van der Waals surface area contributed by atoms with Crippen LogP contribution in [0.3, 0.4) is 0 Å². The van der Waals surface area contributed by atoms with Gasteiger partial charge in [-0.1, -0.05) is 36.4 Å². The first-order chi connectivity index (χ1) is 11.1. The second kappa shape index (κ2) is 7.98. The molecule has 23 heavy (non-hydrogen) atoms. The highest BCUT2D eigenvalue weighted by atomic mass is 16.5. The van der Waals surface area contributed by atoms with Crippen LogP contribution in [-0.4, -0.2) is 25.6 Å². The van der Waals surface area contributed by atoms with Crippen molar-refractivity contribution in [3.63, 3.8) is 0 Å². The summed E-state index contributed by atoms with van der Waals surface area (Å²) in [7, 11) is 1.31. The predicted molar refractivity (Wildman–Crippen MR) is 86.3 cm³/mol. The lowest BCUT2D eigenvalue weighted by atomic mass is 10.1. The highest BCUT2D eigenvalue weighted by Crippen LogP contribution is 2.14. The van der Waals surface area contributed by atoms with E-state index < -0.39 is 5.97 Å². The molecule has 0 fully saturated rings. The Kier molecular flexibility index (Phi) is 5.74. The Morgan fingerprint density at radius 3 is 2.52 bits per heavy atom. The van der Waals surface area contributed by atoms with Crippen molar-refractivity contribution >= 4 is 11.9 Å². The zero-order valence-electron chi connectivity index (χ0n) is 13.1. The number of hydrogen-bond acceptors (Lipinski definition) is 4. The second-order valence-corrected chi connectivity index (χ2v) is 5.01. The summed E-state index contributed by atoms with van der Waals surface area (Å²) < 4.78 is 10.1. The lowest BCUT2D eigenvalue weighted by Crippen LogP contribution is -2.31. The molecule has 1 N–H and O–H groups in total. The molecule has 0 aliphatic heterocycles. The van der Waals surface area contributed by atoms with E-state index in [2.05, 4.69) is 10.1 Å². The monoisotopic (exact) mass is 313 g/mol. The number of carbonyl (C=O) groups is 2. The molecular weight excluding hydrogens is 294 g/mol. The van der Waals surface area contributed by atoms with Gasteiger partial charge in [0.05, 0.1) is 18.7 Å². The van der Waals surface area contributed by atoms with Crippen molar-refractivity contribution < 1.29 is 19.1 Å². The molecule has 2 aromatic rings. The van der Waals surface area contributed by atoms with Gasteiger partial charge in [-0.05, 0) is 30.7 Å². The Morgan fingerprint density at radius 1 is 1.09 bits per heavy atom. The minimum atomic E-state index is -0.447. The predicted octanol–water partition coefficient (Wildman–Crippen LogP) is 2.73. The third kappa shape index (κ3) is 4.85. The first-order valence-electron chi connectivity index (χ1n) is 7.25. The maximum Gasteiger partial charge on any atom is 0.337 e. The normalized spacial score (nSPS) is 11.4. The molecule has 0 saturated carbocycles. The van der Waals surface area contributed by atoms with Crippen LogP contribution in [0, 0.1) is 0 Å². The highest BCUT2D eigenvalue weighted by molar-refractivity contribution is 5.89. The van der Waals surface area contributed by atoms with Gasteiger partial charge in [0.25, 0.3) is 5.91 Å². The maximum atomic E-state index is 11.9. The van der Waals surface area contributed by atoms with Gasteiger partial charge in [0.15, 0.2) is 6.61 Å². The van der Waals surface area contributed by atoms with Crippen LogP contribution in [0.25, 0.3) is 0 Å². The van der Waals surface area contributed by atoms with E-state index in [-0.39, 0.29) is 18.6 Å². The van der Waals surface area contributed by atoms with E-state index in [1.807, 2.05) is 37.3 Å². The van der Waals surface area contributed by atoms with Crippen molar-refractivity contribution in [1.82, 2.24) is 5.32 Å². The summed E-state index contributed by atoms with van der Waals surface area (Å²) >= 11 is 0. The van der Waals surface area contributed by atoms with E-state index in [9.17, 15) is 9.59 Å². The van der Waals surface area contributed by atoms with Gasteiger partial charge in [-0.3, -0.25) is 4.79 Å². The third-order valence-electron chi connectivity index (χ3n) is 3.30. The summed E-state index contributed by atoms with van der Waals surface area (Å²) in [6, 6.07) is 16.1. The lowest BCUT2D eigenvalue weighted by Gasteiger charge is -2.14. The molecule has 0 spiro atoms. The summed E-state index contributed by atoms with van der Waals surface area (Å²) in [5.74, 6) is -0.238. The number of methoxy groups -OCH3 is 1. The molecule has 0 radical (unpaired) electrons. The number of ether oxygens (including phenoxy) is 2. The molecule has 0 bridgehead atoms. The molecule has 0 aromatic heterocycles. The number of benzene rings is 2. The summed E-state index contributed by atoms with van der Waals surface area (Å²) in [6.07, 6.45) is 0. The maximum absolute atomic E-state index is 11.9. The molecule has 120 valence electrons.